The standard InChI is InChI=1S/C16H23N3O/c1-4-17-10-15-9-16(20-13(15)2)12-19(3)11-14-5-7-18-8-6-14/h5-9,17H,4,10-12H2,1-3H3. The van der Waals surface area contributed by atoms with E-state index in [0.29, 0.717) is 0 Å². The van der Waals surface area contributed by atoms with E-state index in [1.54, 1.807) is 0 Å². The highest BCUT2D eigenvalue weighted by molar-refractivity contribution is 5.20. The topological polar surface area (TPSA) is 41.3 Å². The minimum absolute atomic E-state index is 0.815. The molecular weight excluding hydrogens is 250 g/mol. The molecule has 2 aromatic rings. The normalized spacial score (nSPS) is 11.2. The third-order valence-corrected chi connectivity index (χ3v) is 3.26. The smallest absolute Gasteiger partial charge is 0.118 e. The Morgan fingerprint density at radius 3 is 2.70 bits per heavy atom. The molecule has 0 aliphatic heterocycles. The number of aryl methyl sites for hydroxylation is 1. The van der Waals surface area contributed by atoms with Crippen LogP contribution in [0.2, 0.25) is 0 Å². The van der Waals surface area contributed by atoms with E-state index in [2.05, 4.69) is 35.2 Å². The third-order valence-electron chi connectivity index (χ3n) is 3.26. The molecule has 0 amide bonds. The van der Waals surface area contributed by atoms with Gasteiger partial charge < -0.3 is 9.73 Å². The van der Waals surface area contributed by atoms with Crippen molar-refractivity contribution in [3.8, 4) is 0 Å². The third kappa shape index (κ3) is 4.18. The van der Waals surface area contributed by atoms with Gasteiger partial charge in [0.05, 0.1) is 6.54 Å². The molecule has 0 radical (unpaired) electrons. The van der Waals surface area contributed by atoms with E-state index in [0.717, 1.165) is 37.7 Å². The SMILES string of the molecule is CCNCc1cc(CN(C)Cc2ccncc2)oc1C. The van der Waals surface area contributed by atoms with Crippen LogP contribution in [0.15, 0.2) is 35.0 Å². The Bertz CT molecular complexity index is 522. The van der Waals surface area contributed by atoms with Crippen molar-refractivity contribution in [2.24, 2.45) is 0 Å². The average molecular weight is 273 g/mol. The summed E-state index contributed by atoms with van der Waals surface area (Å²) in [6.07, 6.45) is 3.66. The Hall–Kier alpha value is -1.65. The zero-order chi connectivity index (χ0) is 14.4. The molecule has 0 aromatic carbocycles. The van der Waals surface area contributed by atoms with Gasteiger partial charge in [0.25, 0.3) is 0 Å². The molecular formula is C16H23N3O. The van der Waals surface area contributed by atoms with E-state index in [9.17, 15) is 0 Å². The molecule has 0 aliphatic rings. The molecule has 0 unspecified atom stereocenters. The van der Waals surface area contributed by atoms with Gasteiger partial charge in [0.2, 0.25) is 0 Å². The van der Waals surface area contributed by atoms with Crippen LogP contribution >= 0.6 is 0 Å². The first-order chi connectivity index (χ1) is 9.69. The second kappa shape index (κ2) is 7.22. The van der Waals surface area contributed by atoms with Crippen molar-refractivity contribution >= 4 is 0 Å². The van der Waals surface area contributed by atoms with Crippen molar-refractivity contribution in [3.63, 3.8) is 0 Å². The fourth-order valence-corrected chi connectivity index (χ4v) is 2.22. The lowest BCUT2D eigenvalue weighted by Gasteiger charge is -2.14. The van der Waals surface area contributed by atoms with Crippen LogP contribution in [0.25, 0.3) is 0 Å². The Morgan fingerprint density at radius 1 is 1.25 bits per heavy atom. The van der Waals surface area contributed by atoms with Crippen LogP contribution in [0.1, 0.15) is 29.6 Å². The van der Waals surface area contributed by atoms with E-state index in [1.165, 1.54) is 11.1 Å². The first-order valence-corrected chi connectivity index (χ1v) is 7.05. The van der Waals surface area contributed by atoms with Gasteiger partial charge in [-0.25, -0.2) is 0 Å². The van der Waals surface area contributed by atoms with Gasteiger partial charge in [-0.3, -0.25) is 9.88 Å². The van der Waals surface area contributed by atoms with Gasteiger partial charge in [0, 0.05) is 31.0 Å². The molecule has 0 saturated carbocycles. The molecule has 0 aliphatic carbocycles. The maximum Gasteiger partial charge on any atom is 0.118 e. The number of hydrogen-bond donors (Lipinski definition) is 1. The zero-order valence-electron chi connectivity index (χ0n) is 12.5. The highest BCUT2D eigenvalue weighted by atomic mass is 16.3. The highest BCUT2D eigenvalue weighted by Crippen LogP contribution is 2.16. The summed E-state index contributed by atoms with van der Waals surface area (Å²) >= 11 is 0. The van der Waals surface area contributed by atoms with Gasteiger partial charge in [0.15, 0.2) is 0 Å². The Balaban J connectivity index is 1.92. The molecule has 2 heterocycles. The number of furan rings is 1. The fourth-order valence-electron chi connectivity index (χ4n) is 2.22. The summed E-state index contributed by atoms with van der Waals surface area (Å²) in [5.74, 6) is 2.03. The second-order valence-electron chi connectivity index (χ2n) is 5.10. The Kier molecular flexibility index (Phi) is 5.32. The molecule has 4 nitrogen and oxygen atoms in total. The minimum Gasteiger partial charge on any atom is -0.465 e. The zero-order valence-corrected chi connectivity index (χ0v) is 12.5. The lowest BCUT2D eigenvalue weighted by atomic mass is 10.2. The first-order valence-electron chi connectivity index (χ1n) is 7.05. The molecule has 0 bridgehead atoms. The van der Waals surface area contributed by atoms with E-state index in [-0.39, 0.29) is 0 Å². The quantitative estimate of drug-likeness (QED) is 0.842. The highest BCUT2D eigenvalue weighted by Gasteiger charge is 2.09. The summed E-state index contributed by atoms with van der Waals surface area (Å²) in [6.45, 7) is 7.69. The fraction of sp³-hybridized carbons (Fsp3) is 0.438. The van der Waals surface area contributed by atoms with Crippen LogP contribution in [-0.2, 0) is 19.6 Å². The van der Waals surface area contributed by atoms with Crippen LogP contribution in [0.5, 0.6) is 0 Å². The molecule has 108 valence electrons. The van der Waals surface area contributed by atoms with E-state index in [4.69, 9.17) is 4.42 Å². The van der Waals surface area contributed by atoms with Crippen molar-refractivity contribution in [1.29, 1.82) is 0 Å². The van der Waals surface area contributed by atoms with Crippen LogP contribution in [0.4, 0.5) is 0 Å². The number of rotatable bonds is 7. The van der Waals surface area contributed by atoms with Crippen LogP contribution in [0.3, 0.4) is 0 Å². The predicted molar refractivity (Wildman–Crippen MR) is 80.2 cm³/mol. The van der Waals surface area contributed by atoms with E-state index >= 15 is 0 Å². The van der Waals surface area contributed by atoms with Gasteiger partial charge in [0.1, 0.15) is 11.5 Å². The molecule has 0 fully saturated rings. The summed E-state index contributed by atoms with van der Waals surface area (Å²) in [5, 5.41) is 3.33. The van der Waals surface area contributed by atoms with Gasteiger partial charge in [-0.05, 0) is 44.3 Å². The molecule has 1 N–H and O–H groups in total. The minimum atomic E-state index is 0.815. The molecule has 0 saturated heterocycles. The van der Waals surface area contributed by atoms with Crippen LogP contribution < -0.4 is 5.32 Å². The number of nitrogens with one attached hydrogen (secondary N) is 1. The van der Waals surface area contributed by atoms with Gasteiger partial charge >= 0.3 is 0 Å². The summed E-state index contributed by atoms with van der Waals surface area (Å²) < 4.78 is 5.83. The van der Waals surface area contributed by atoms with E-state index < -0.39 is 0 Å². The Morgan fingerprint density at radius 2 is 2.00 bits per heavy atom. The number of hydrogen-bond acceptors (Lipinski definition) is 4. The lowest BCUT2D eigenvalue weighted by molar-refractivity contribution is 0.285. The Labute approximate surface area is 120 Å². The van der Waals surface area contributed by atoms with Gasteiger partial charge in [-0.2, -0.15) is 0 Å². The molecule has 2 aromatic heterocycles. The molecule has 0 atom stereocenters. The van der Waals surface area contributed by atoms with Gasteiger partial charge in [-0.1, -0.05) is 6.92 Å². The number of aromatic nitrogens is 1. The first kappa shape index (κ1) is 14.8. The second-order valence-corrected chi connectivity index (χ2v) is 5.10. The maximum absolute atomic E-state index is 5.83. The summed E-state index contributed by atoms with van der Waals surface area (Å²) in [5.41, 5.74) is 2.51. The van der Waals surface area contributed by atoms with Crippen molar-refractivity contribution < 1.29 is 4.42 Å². The van der Waals surface area contributed by atoms with Crippen LogP contribution in [0, 0.1) is 6.92 Å². The summed E-state index contributed by atoms with van der Waals surface area (Å²) in [6, 6.07) is 6.24. The van der Waals surface area contributed by atoms with Crippen molar-refractivity contribution in [3.05, 3.63) is 53.2 Å². The monoisotopic (exact) mass is 273 g/mol. The van der Waals surface area contributed by atoms with Crippen molar-refractivity contribution in [1.82, 2.24) is 15.2 Å². The predicted octanol–water partition coefficient (Wildman–Crippen LogP) is 2.72. The lowest BCUT2D eigenvalue weighted by Crippen LogP contribution is -2.16. The number of pyridine rings is 1. The number of nitrogens with zero attached hydrogens (tertiary/aromatic N) is 2. The largest absolute Gasteiger partial charge is 0.465 e. The average Bonchev–Trinajstić information content (AvgIpc) is 2.77. The molecule has 2 rings (SSSR count). The van der Waals surface area contributed by atoms with Gasteiger partial charge in [-0.15, -0.1) is 0 Å². The molecule has 4 heteroatoms. The molecule has 0 spiro atoms. The maximum atomic E-state index is 5.83. The summed E-state index contributed by atoms with van der Waals surface area (Å²) in [7, 11) is 2.10. The van der Waals surface area contributed by atoms with Crippen molar-refractivity contribution in [2.75, 3.05) is 13.6 Å². The summed E-state index contributed by atoms with van der Waals surface area (Å²) in [4.78, 5) is 6.28. The van der Waals surface area contributed by atoms with E-state index in [1.807, 2.05) is 31.5 Å². The van der Waals surface area contributed by atoms with Crippen LogP contribution in [-0.4, -0.2) is 23.5 Å². The van der Waals surface area contributed by atoms with Crippen molar-refractivity contribution in [2.45, 2.75) is 33.5 Å². The molecule has 20 heavy (non-hydrogen) atoms.